The summed E-state index contributed by atoms with van der Waals surface area (Å²) < 4.78 is 5.11. The molecule has 1 aromatic carbocycles. The molecule has 19 heavy (non-hydrogen) atoms. The summed E-state index contributed by atoms with van der Waals surface area (Å²) in [5, 5.41) is 9.42. The van der Waals surface area contributed by atoms with Gasteiger partial charge in [0.1, 0.15) is 5.75 Å². The number of alkyl halides is 1. The van der Waals surface area contributed by atoms with E-state index in [1.807, 2.05) is 11.4 Å². The van der Waals surface area contributed by atoms with Gasteiger partial charge in [-0.15, -0.1) is 11.3 Å². The van der Waals surface area contributed by atoms with E-state index in [1.54, 1.807) is 30.3 Å². The number of benzene rings is 1. The fourth-order valence-electron chi connectivity index (χ4n) is 1.40. The molecule has 0 spiro atoms. The molecule has 6 heteroatoms. The predicted molar refractivity (Wildman–Crippen MR) is 75.2 cm³/mol. The first-order valence-electron chi connectivity index (χ1n) is 5.30. The van der Waals surface area contributed by atoms with Crippen molar-refractivity contribution in [1.29, 1.82) is 0 Å². The Morgan fingerprint density at radius 3 is 2.42 bits per heavy atom. The van der Waals surface area contributed by atoms with Gasteiger partial charge in [0, 0.05) is 5.56 Å². The lowest BCUT2D eigenvalue weighted by Gasteiger charge is -2.08. The Kier molecular flexibility index (Phi) is 4.34. The maximum atomic E-state index is 12.0. The predicted octanol–water partition coefficient (Wildman–Crippen LogP) is 3.16. The Bertz CT molecular complexity index is 577. The number of halogens is 1. The third-order valence-electron chi connectivity index (χ3n) is 2.30. The van der Waals surface area contributed by atoms with Crippen LogP contribution in [-0.2, 0) is 4.79 Å². The Labute approximate surface area is 121 Å². The zero-order valence-electron chi connectivity index (χ0n) is 9.58. The largest absolute Gasteiger partial charge is 0.478 e. The number of rotatable bonds is 5. The molecule has 1 aromatic heterocycles. The average Bonchev–Trinajstić information content (AvgIpc) is 2.92. The number of thiophene rings is 1. The topological polar surface area (TPSA) is 63.6 Å². The number of aliphatic carboxylic acids is 1. The summed E-state index contributed by atoms with van der Waals surface area (Å²) in [6.45, 7) is 0. The van der Waals surface area contributed by atoms with Crippen LogP contribution in [0.3, 0.4) is 0 Å². The first-order valence-corrected chi connectivity index (χ1v) is 7.09. The zero-order chi connectivity index (χ0) is 13.8. The summed E-state index contributed by atoms with van der Waals surface area (Å²) in [5.41, 5.74) is 0.538. The summed E-state index contributed by atoms with van der Waals surface area (Å²) in [6, 6.07) is 9.93. The molecule has 0 fully saturated rings. The van der Waals surface area contributed by atoms with E-state index in [0.29, 0.717) is 16.2 Å². The normalized spacial score (nSPS) is 11.8. The van der Waals surface area contributed by atoms with Crippen molar-refractivity contribution in [3.63, 3.8) is 0 Å². The third kappa shape index (κ3) is 3.42. The lowest BCUT2D eigenvalue weighted by atomic mass is 10.1. The van der Waals surface area contributed by atoms with E-state index in [-0.39, 0.29) is 5.78 Å². The van der Waals surface area contributed by atoms with Gasteiger partial charge in [0.2, 0.25) is 10.8 Å². The molecule has 0 aliphatic heterocycles. The quantitative estimate of drug-likeness (QED) is 0.670. The minimum Gasteiger partial charge on any atom is -0.478 e. The second-order valence-corrected chi connectivity index (χ2v) is 5.38. The minimum absolute atomic E-state index is 0.0600. The molecule has 4 nitrogen and oxygen atoms in total. The van der Waals surface area contributed by atoms with Gasteiger partial charge in [0.15, 0.2) is 0 Å². The van der Waals surface area contributed by atoms with Gasteiger partial charge < -0.3 is 9.84 Å². The van der Waals surface area contributed by atoms with Crippen LogP contribution >= 0.6 is 27.3 Å². The van der Waals surface area contributed by atoms with Gasteiger partial charge in [-0.3, -0.25) is 4.79 Å². The Morgan fingerprint density at radius 2 is 1.89 bits per heavy atom. The molecule has 0 radical (unpaired) electrons. The molecule has 1 heterocycles. The van der Waals surface area contributed by atoms with Gasteiger partial charge in [-0.1, -0.05) is 6.07 Å². The van der Waals surface area contributed by atoms with Crippen LogP contribution < -0.4 is 4.74 Å². The highest BCUT2D eigenvalue weighted by molar-refractivity contribution is 9.09. The van der Waals surface area contributed by atoms with Crippen LogP contribution in [0.5, 0.6) is 5.75 Å². The molecule has 2 aromatic rings. The van der Waals surface area contributed by atoms with Crippen molar-refractivity contribution in [3.8, 4) is 5.75 Å². The first kappa shape index (κ1) is 13.8. The van der Waals surface area contributed by atoms with Crippen molar-refractivity contribution in [3.05, 3.63) is 52.2 Å². The molecular weight excluding hydrogens is 332 g/mol. The van der Waals surface area contributed by atoms with Crippen LogP contribution in [0.15, 0.2) is 41.8 Å². The molecule has 2 rings (SSSR count). The van der Waals surface area contributed by atoms with Crippen LogP contribution in [0.4, 0.5) is 0 Å². The molecule has 0 aliphatic rings. The van der Waals surface area contributed by atoms with E-state index in [0.717, 1.165) is 0 Å². The fraction of sp³-hybridized carbons (Fsp3) is 0.0769. The molecule has 0 amide bonds. The molecule has 1 unspecified atom stereocenters. The van der Waals surface area contributed by atoms with Gasteiger partial charge in [0.05, 0.1) is 4.88 Å². The molecule has 0 saturated carbocycles. The summed E-state index contributed by atoms with van der Waals surface area (Å²) in [7, 11) is 0. The number of ether oxygens (including phenoxy) is 1. The van der Waals surface area contributed by atoms with Gasteiger partial charge >= 0.3 is 5.97 Å². The van der Waals surface area contributed by atoms with Crippen LogP contribution in [0.1, 0.15) is 15.2 Å². The fourth-order valence-corrected chi connectivity index (χ4v) is 2.31. The molecular formula is C13H9BrO4S. The number of hydrogen-bond donors (Lipinski definition) is 1. The number of carbonyl (C=O) groups is 2. The Morgan fingerprint density at radius 1 is 1.21 bits per heavy atom. The van der Waals surface area contributed by atoms with Crippen LogP contribution in [-0.4, -0.2) is 21.9 Å². The van der Waals surface area contributed by atoms with Crippen LogP contribution in [0, 0.1) is 0 Å². The zero-order valence-corrected chi connectivity index (χ0v) is 12.0. The summed E-state index contributed by atoms with van der Waals surface area (Å²) >= 11 is 4.25. The highest BCUT2D eigenvalue weighted by Gasteiger charge is 2.15. The Hall–Kier alpha value is -1.66. The number of carboxylic acids is 1. The molecule has 0 bridgehead atoms. The summed E-state index contributed by atoms with van der Waals surface area (Å²) in [5.74, 6) is -0.791. The standard InChI is InChI=1S/C13H9BrO4S/c14-12(13(16)17)18-9-5-3-8(4-6-9)11(15)10-2-1-7-19-10/h1-7,12H,(H,16,17). The molecule has 98 valence electrons. The summed E-state index contributed by atoms with van der Waals surface area (Å²) in [4.78, 5) is 23.3. The molecule has 0 saturated heterocycles. The van der Waals surface area contributed by atoms with E-state index in [4.69, 9.17) is 9.84 Å². The number of carboxylic acid groups (broad SMARTS) is 1. The highest BCUT2D eigenvalue weighted by Crippen LogP contribution is 2.19. The smallest absolute Gasteiger partial charge is 0.356 e. The summed E-state index contributed by atoms with van der Waals surface area (Å²) in [6.07, 6.45) is 0. The van der Waals surface area contributed by atoms with E-state index >= 15 is 0 Å². The third-order valence-corrected chi connectivity index (χ3v) is 3.74. The van der Waals surface area contributed by atoms with Gasteiger partial charge in [0.25, 0.3) is 0 Å². The van der Waals surface area contributed by atoms with Crippen molar-refractivity contribution in [2.24, 2.45) is 0 Å². The molecule has 1 N–H and O–H groups in total. The van der Waals surface area contributed by atoms with Crippen molar-refractivity contribution in [2.45, 2.75) is 5.01 Å². The SMILES string of the molecule is O=C(c1ccc(OC(Br)C(=O)O)cc1)c1cccs1. The van der Waals surface area contributed by atoms with E-state index in [2.05, 4.69) is 15.9 Å². The van der Waals surface area contributed by atoms with Gasteiger partial charge in [-0.2, -0.15) is 0 Å². The minimum atomic E-state index is -1.11. The number of ketones is 1. The molecule has 0 aliphatic carbocycles. The van der Waals surface area contributed by atoms with Crippen molar-refractivity contribution < 1.29 is 19.4 Å². The number of carbonyl (C=O) groups excluding carboxylic acids is 1. The lowest BCUT2D eigenvalue weighted by Crippen LogP contribution is -2.19. The van der Waals surface area contributed by atoms with Crippen LogP contribution in [0.25, 0.3) is 0 Å². The molecule has 1 atom stereocenters. The highest BCUT2D eigenvalue weighted by atomic mass is 79.9. The van der Waals surface area contributed by atoms with E-state index in [9.17, 15) is 9.59 Å². The van der Waals surface area contributed by atoms with E-state index in [1.165, 1.54) is 11.3 Å². The van der Waals surface area contributed by atoms with Crippen molar-refractivity contribution >= 4 is 39.0 Å². The van der Waals surface area contributed by atoms with Crippen molar-refractivity contribution in [1.82, 2.24) is 0 Å². The average molecular weight is 341 g/mol. The monoisotopic (exact) mass is 340 g/mol. The van der Waals surface area contributed by atoms with Crippen molar-refractivity contribution in [2.75, 3.05) is 0 Å². The van der Waals surface area contributed by atoms with Gasteiger partial charge in [-0.05, 0) is 51.6 Å². The second-order valence-electron chi connectivity index (χ2n) is 3.60. The van der Waals surface area contributed by atoms with Gasteiger partial charge in [-0.25, -0.2) is 4.79 Å². The Balaban J connectivity index is 2.10. The second kappa shape index (κ2) is 5.99. The van der Waals surface area contributed by atoms with Crippen LogP contribution in [0.2, 0.25) is 0 Å². The maximum absolute atomic E-state index is 12.0. The maximum Gasteiger partial charge on any atom is 0.356 e. The number of hydrogen-bond acceptors (Lipinski definition) is 4. The first-order chi connectivity index (χ1) is 9.08. The van der Waals surface area contributed by atoms with E-state index < -0.39 is 11.0 Å². The lowest BCUT2D eigenvalue weighted by molar-refractivity contribution is -0.140.